The lowest BCUT2D eigenvalue weighted by molar-refractivity contribution is 0.0937. The van der Waals surface area contributed by atoms with Gasteiger partial charge in [0.2, 0.25) is 5.95 Å². The summed E-state index contributed by atoms with van der Waals surface area (Å²) >= 11 is 0. The molecule has 5 rings (SSSR count). The topological polar surface area (TPSA) is 131 Å². The molecule has 4 aromatic rings. The average Bonchev–Trinajstić information content (AvgIpc) is 3.43. The van der Waals surface area contributed by atoms with Gasteiger partial charge in [0.05, 0.1) is 40.4 Å². The van der Waals surface area contributed by atoms with Gasteiger partial charge in [0.25, 0.3) is 5.91 Å². The highest BCUT2D eigenvalue weighted by Crippen LogP contribution is 2.26. The number of carbonyl (C=O) groups excluding carboxylic acids is 1. The summed E-state index contributed by atoms with van der Waals surface area (Å²) in [6.45, 7) is 6.66. The van der Waals surface area contributed by atoms with E-state index < -0.39 is 0 Å². The van der Waals surface area contributed by atoms with Crippen molar-refractivity contribution in [3.05, 3.63) is 42.1 Å². The Bertz CT molecular complexity index is 1410. The maximum absolute atomic E-state index is 12.9. The number of anilines is 4. The maximum Gasteiger partial charge on any atom is 0.253 e. The van der Waals surface area contributed by atoms with Crippen molar-refractivity contribution >= 4 is 40.1 Å². The highest BCUT2D eigenvalue weighted by Gasteiger charge is 2.19. The lowest BCUT2D eigenvalue weighted by Gasteiger charge is -2.33. The fourth-order valence-electron chi connectivity index (χ4n) is 4.67. The molecule has 194 valence electrons. The standard InChI is InChI=1S/C25H33N11O/c1-16-7-5-6-9-36(16)10-8-26-24(37)20-11-18(12-27-17(20)2)30-22-21-14-28-25(32-23(21)35(4)33-22)31-19-13-29-34(3)15-19/h11-16H,5-10H2,1-4H3,(H,26,37)(H,30,33)(H,28,31,32). The van der Waals surface area contributed by atoms with Crippen LogP contribution in [0.15, 0.2) is 30.9 Å². The smallest absolute Gasteiger partial charge is 0.253 e. The summed E-state index contributed by atoms with van der Waals surface area (Å²) in [6.07, 6.45) is 10.7. The van der Waals surface area contributed by atoms with Crippen LogP contribution in [0, 0.1) is 6.92 Å². The molecule has 1 fully saturated rings. The number of amides is 1. The van der Waals surface area contributed by atoms with E-state index in [0.29, 0.717) is 46.9 Å². The predicted molar refractivity (Wildman–Crippen MR) is 142 cm³/mol. The molecule has 1 unspecified atom stereocenters. The second kappa shape index (κ2) is 10.5. The first-order chi connectivity index (χ1) is 17.9. The molecule has 1 atom stereocenters. The number of nitrogens with zero attached hydrogens (tertiary/aromatic N) is 8. The van der Waals surface area contributed by atoms with E-state index in [4.69, 9.17) is 0 Å². The number of aryl methyl sites for hydroxylation is 3. The molecule has 0 bridgehead atoms. The van der Waals surface area contributed by atoms with E-state index in [1.807, 2.05) is 27.2 Å². The van der Waals surface area contributed by atoms with Crippen molar-refractivity contribution in [3.8, 4) is 0 Å². The van der Waals surface area contributed by atoms with E-state index in [9.17, 15) is 4.79 Å². The highest BCUT2D eigenvalue weighted by atomic mass is 16.1. The summed E-state index contributed by atoms with van der Waals surface area (Å²) in [5.41, 5.74) is 3.34. The summed E-state index contributed by atoms with van der Waals surface area (Å²) in [7, 11) is 3.67. The third-order valence-electron chi connectivity index (χ3n) is 6.76. The molecule has 12 nitrogen and oxygen atoms in total. The zero-order valence-electron chi connectivity index (χ0n) is 21.7. The Morgan fingerprint density at radius 1 is 1.11 bits per heavy atom. The Morgan fingerprint density at radius 3 is 2.76 bits per heavy atom. The normalized spacial score (nSPS) is 16.2. The van der Waals surface area contributed by atoms with Gasteiger partial charge in [-0.2, -0.15) is 15.2 Å². The highest BCUT2D eigenvalue weighted by molar-refractivity contribution is 5.96. The summed E-state index contributed by atoms with van der Waals surface area (Å²) in [5, 5.41) is 18.9. The van der Waals surface area contributed by atoms with Crippen molar-refractivity contribution in [1.29, 1.82) is 0 Å². The SMILES string of the molecule is Cc1ncc(Nc2nn(C)c3nc(Nc4cnn(C)c4)ncc23)cc1C(=O)NCCN1CCCCC1C. The van der Waals surface area contributed by atoms with Crippen LogP contribution in [-0.2, 0) is 14.1 Å². The van der Waals surface area contributed by atoms with Gasteiger partial charge < -0.3 is 16.0 Å². The Morgan fingerprint density at radius 2 is 1.97 bits per heavy atom. The number of likely N-dealkylation sites (tertiary alicyclic amines) is 1. The zero-order valence-corrected chi connectivity index (χ0v) is 21.7. The fraction of sp³-hybridized carbons (Fsp3) is 0.440. The molecule has 0 saturated carbocycles. The zero-order chi connectivity index (χ0) is 25.9. The first-order valence-electron chi connectivity index (χ1n) is 12.6. The van der Waals surface area contributed by atoms with Crippen LogP contribution in [0.4, 0.5) is 23.1 Å². The minimum absolute atomic E-state index is 0.126. The van der Waals surface area contributed by atoms with Crippen molar-refractivity contribution in [3.63, 3.8) is 0 Å². The molecular weight excluding hydrogens is 470 g/mol. The largest absolute Gasteiger partial charge is 0.351 e. The fourth-order valence-corrected chi connectivity index (χ4v) is 4.67. The number of fused-ring (bicyclic) bond motifs is 1. The Balaban J connectivity index is 1.28. The minimum Gasteiger partial charge on any atom is -0.351 e. The summed E-state index contributed by atoms with van der Waals surface area (Å²) < 4.78 is 3.39. The van der Waals surface area contributed by atoms with Gasteiger partial charge in [0.15, 0.2) is 11.5 Å². The molecule has 0 aliphatic carbocycles. The van der Waals surface area contributed by atoms with Crippen LogP contribution in [0.2, 0.25) is 0 Å². The van der Waals surface area contributed by atoms with Gasteiger partial charge in [-0.1, -0.05) is 6.42 Å². The van der Waals surface area contributed by atoms with E-state index in [1.165, 1.54) is 19.3 Å². The van der Waals surface area contributed by atoms with Crippen LogP contribution in [-0.4, -0.2) is 71.0 Å². The molecule has 0 spiro atoms. The Hall–Kier alpha value is -4.06. The third kappa shape index (κ3) is 5.53. The van der Waals surface area contributed by atoms with Gasteiger partial charge in [0, 0.05) is 45.6 Å². The van der Waals surface area contributed by atoms with Crippen LogP contribution in [0.25, 0.3) is 11.0 Å². The molecule has 0 radical (unpaired) electrons. The maximum atomic E-state index is 12.9. The van der Waals surface area contributed by atoms with Crippen molar-refractivity contribution < 1.29 is 4.79 Å². The summed E-state index contributed by atoms with van der Waals surface area (Å²) in [6, 6.07) is 2.38. The molecular formula is C25H33N11O. The molecule has 0 aromatic carbocycles. The van der Waals surface area contributed by atoms with Gasteiger partial charge in [-0.15, -0.1) is 0 Å². The number of rotatable bonds is 8. The van der Waals surface area contributed by atoms with Crippen LogP contribution >= 0.6 is 0 Å². The summed E-state index contributed by atoms with van der Waals surface area (Å²) in [4.78, 5) is 28.9. The van der Waals surface area contributed by atoms with Crippen LogP contribution in [0.1, 0.15) is 42.2 Å². The molecule has 12 heteroatoms. The minimum atomic E-state index is -0.126. The van der Waals surface area contributed by atoms with Crippen molar-refractivity contribution in [2.24, 2.45) is 14.1 Å². The van der Waals surface area contributed by atoms with Crippen LogP contribution in [0.5, 0.6) is 0 Å². The van der Waals surface area contributed by atoms with Crippen molar-refractivity contribution in [1.82, 2.24) is 44.7 Å². The lowest BCUT2D eigenvalue weighted by atomic mass is 10.0. The molecule has 5 heterocycles. The molecule has 1 aliphatic heterocycles. The number of pyridine rings is 1. The molecule has 3 N–H and O–H groups in total. The van der Waals surface area contributed by atoms with Gasteiger partial charge in [-0.3, -0.25) is 19.4 Å². The predicted octanol–water partition coefficient (Wildman–Crippen LogP) is 2.89. The number of piperidine rings is 1. The van der Waals surface area contributed by atoms with E-state index >= 15 is 0 Å². The Kier molecular flexibility index (Phi) is 6.99. The average molecular weight is 504 g/mol. The van der Waals surface area contributed by atoms with Gasteiger partial charge in [-0.05, 0) is 39.3 Å². The van der Waals surface area contributed by atoms with E-state index in [2.05, 4.69) is 52.9 Å². The number of carbonyl (C=O) groups is 1. The molecule has 1 saturated heterocycles. The number of hydrogen-bond acceptors (Lipinski definition) is 9. The molecule has 1 aliphatic rings. The van der Waals surface area contributed by atoms with Gasteiger partial charge in [0.1, 0.15) is 0 Å². The van der Waals surface area contributed by atoms with Crippen molar-refractivity contribution in [2.45, 2.75) is 39.2 Å². The molecule has 37 heavy (non-hydrogen) atoms. The van der Waals surface area contributed by atoms with E-state index in [1.54, 1.807) is 34.0 Å². The first-order valence-corrected chi connectivity index (χ1v) is 12.6. The third-order valence-corrected chi connectivity index (χ3v) is 6.76. The lowest BCUT2D eigenvalue weighted by Crippen LogP contribution is -2.42. The second-order valence-electron chi connectivity index (χ2n) is 9.55. The second-order valence-corrected chi connectivity index (χ2v) is 9.55. The molecule has 1 amide bonds. The number of aromatic nitrogens is 7. The first kappa shape index (κ1) is 24.6. The van der Waals surface area contributed by atoms with Gasteiger partial charge >= 0.3 is 0 Å². The number of nitrogens with one attached hydrogen (secondary N) is 3. The van der Waals surface area contributed by atoms with Crippen LogP contribution < -0.4 is 16.0 Å². The molecule has 4 aromatic heterocycles. The Labute approximate surface area is 215 Å². The summed E-state index contributed by atoms with van der Waals surface area (Å²) in [5.74, 6) is 0.908. The number of hydrogen-bond donors (Lipinski definition) is 3. The quantitative estimate of drug-likeness (QED) is 0.332. The monoisotopic (exact) mass is 503 g/mol. The van der Waals surface area contributed by atoms with Crippen LogP contribution in [0.3, 0.4) is 0 Å². The van der Waals surface area contributed by atoms with Crippen molar-refractivity contribution in [2.75, 3.05) is 30.3 Å². The van der Waals surface area contributed by atoms with E-state index in [-0.39, 0.29) is 5.91 Å². The van der Waals surface area contributed by atoms with E-state index in [0.717, 1.165) is 24.2 Å². The van der Waals surface area contributed by atoms with Gasteiger partial charge in [-0.25, -0.2) is 9.67 Å².